The topological polar surface area (TPSA) is 87.9 Å². The van der Waals surface area contributed by atoms with Crippen LogP contribution in [0.25, 0.3) is 0 Å². The van der Waals surface area contributed by atoms with Crippen LogP contribution in [0.5, 0.6) is 0 Å². The minimum atomic E-state index is 0.485. The summed E-state index contributed by atoms with van der Waals surface area (Å²) in [4.78, 5) is 0. The molecule has 3 N–H and O–H groups in total. The normalized spacial score (nSPS) is 9.69. The van der Waals surface area contributed by atoms with Crippen molar-refractivity contribution >= 4 is 11.4 Å². The zero-order valence-electron chi connectivity index (χ0n) is 8.47. The Morgan fingerprint density at radius 1 is 1.44 bits per heavy atom. The predicted molar refractivity (Wildman–Crippen MR) is 59.4 cm³/mol. The van der Waals surface area contributed by atoms with Crippen LogP contribution in [0.3, 0.4) is 0 Å². The average molecular weight is 214 g/mol. The van der Waals surface area contributed by atoms with Crippen molar-refractivity contribution in [3.05, 3.63) is 41.8 Å². The third kappa shape index (κ3) is 2.12. The minimum Gasteiger partial charge on any atom is -0.399 e. The molecule has 0 spiro atoms. The third-order valence-electron chi connectivity index (χ3n) is 2.11. The molecule has 1 aromatic carbocycles. The predicted octanol–water partition coefficient (Wildman–Crippen LogP) is 1.74. The SMILES string of the molecule is N#Cc1cc(N)ccc1NCc1ccno1. The number of hydrogen-bond acceptors (Lipinski definition) is 5. The Morgan fingerprint density at radius 2 is 2.31 bits per heavy atom. The number of nitrogen functional groups attached to an aromatic ring is 1. The molecule has 5 heteroatoms. The van der Waals surface area contributed by atoms with Gasteiger partial charge in [0.2, 0.25) is 0 Å². The molecule has 2 aromatic rings. The van der Waals surface area contributed by atoms with Crippen LogP contribution in [-0.2, 0) is 6.54 Å². The molecule has 80 valence electrons. The van der Waals surface area contributed by atoms with Crippen molar-refractivity contribution in [2.24, 2.45) is 0 Å². The highest BCUT2D eigenvalue weighted by Crippen LogP contribution is 2.18. The second-order valence-corrected chi connectivity index (χ2v) is 3.25. The highest BCUT2D eigenvalue weighted by molar-refractivity contribution is 5.62. The van der Waals surface area contributed by atoms with E-state index in [0.29, 0.717) is 23.6 Å². The third-order valence-corrected chi connectivity index (χ3v) is 2.11. The molecule has 0 amide bonds. The largest absolute Gasteiger partial charge is 0.399 e. The molecule has 0 aliphatic carbocycles. The van der Waals surface area contributed by atoms with E-state index in [1.807, 2.05) is 0 Å². The summed E-state index contributed by atoms with van der Waals surface area (Å²) in [5.74, 6) is 0.709. The number of nitriles is 1. The van der Waals surface area contributed by atoms with E-state index in [1.165, 1.54) is 0 Å². The van der Waals surface area contributed by atoms with Gasteiger partial charge in [-0.3, -0.25) is 0 Å². The molecule has 0 saturated heterocycles. The number of nitrogens with one attached hydrogen (secondary N) is 1. The molecule has 0 atom stereocenters. The van der Waals surface area contributed by atoms with Gasteiger partial charge in [-0.05, 0) is 18.2 Å². The fourth-order valence-electron chi connectivity index (χ4n) is 1.32. The monoisotopic (exact) mass is 214 g/mol. The molecule has 0 radical (unpaired) electrons. The van der Waals surface area contributed by atoms with E-state index >= 15 is 0 Å². The Labute approximate surface area is 92.5 Å². The van der Waals surface area contributed by atoms with E-state index in [4.69, 9.17) is 15.5 Å². The second-order valence-electron chi connectivity index (χ2n) is 3.25. The summed E-state index contributed by atoms with van der Waals surface area (Å²) in [5, 5.41) is 15.6. The van der Waals surface area contributed by atoms with Crippen molar-refractivity contribution in [2.75, 3.05) is 11.1 Å². The lowest BCUT2D eigenvalue weighted by atomic mass is 10.1. The molecule has 0 aliphatic heterocycles. The molecular weight excluding hydrogens is 204 g/mol. The van der Waals surface area contributed by atoms with Gasteiger partial charge < -0.3 is 15.6 Å². The van der Waals surface area contributed by atoms with Crippen LogP contribution in [0.15, 0.2) is 35.0 Å². The number of benzene rings is 1. The number of anilines is 2. The van der Waals surface area contributed by atoms with Gasteiger partial charge in [-0.1, -0.05) is 5.16 Å². The van der Waals surface area contributed by atoms with Crippen molar-refractivity contribution in [1.82, 2.24) is 5.16 Å². The van der Waals surface area contributed by atoms with E-state index in [9.17, 15) is 0 Å². The summed E-state index contributed by atoms with van der Waals surface area (Å²) in [6, 6.07) is 8.97. The highest BCUT2D eigenvalue weighted by atomic mass is 16.5. The molecule has 0 saturated carbocycles. The van der Waals surface area contributed by atoms with Gasteiger partial charge in [0.05, 0.1) is 24.0 Å². The van der Waals surface area contributed by atoms with Crippen molar-refractivity contribution < 1.29 is 4.52 Å². The van der Waals surface area contributed by atoms with Gasteiger partial charge in [-0.2, -0.15) is 5.26 Å². The summed E-state index contributed by atoms with van der Waals surface area (Å²) in [6.45, 7) is 0.485. The zero-order chi connectivity index (χ0) is 11.4. The molecule has 0 unspecified atom stereocenters. The number of hydrogen-bond donors (Lipinski definition) is 2. The molecule has 0 fully saturated rings. The first-order valence-electron chi connectivity index (χ1n) is 4.72. The van der Waals surface area contributed by atoms with E-state index in [0.717, 1.165) is 5.69 Å². The Balaban J connectivity index is 2.13. The average Bonchev–Trinajstić information content (AvgIpc) is 2.80. The molecule has 5 nitrogen and oxygen atoms in total. The van der Waals surface area contributed by atoms with Gasteiger partial charge in [0.15, 0.2) is 5.76 Å². The lowest BCUT2D eigenvalue weighted by molar-refractivity contribution is 0.388. The van der Waals surface area contributed by atoms with E-state index in [2.05, 4.69) is 16.5 Å². The maximum Gasteiger partial charge on any atom is 0.155 e. The zero-order valence-corrected chi connectivity index (χ0v) is 8.47. The molecule has 0 bridgehead atoms. The van der Waals surface area contributed by atoms with Crippen LogP contribution in [0, 0.1) is 11.3 Å². The first kappa shape index (κ1) is 10.1. The second kappa shape index (κ2) is 4.36. The van der Waals surface area contributed by atoms with Gasteiger partial charge in [-0.25, -0.2) is 0 Å². The van der Waals surface area contributed by atoms with Crippen LogP contribution in [0.2, 0.25) is 0 Å². The van der Waals surface area contributed by atoms with Crippen LogP contribution >= 0.6 is 0 Å². The first-order chi connectivity index (χ1) is 7.79. The molecular formula is C11H10N4O. The van der Waals surface area contributed by atoms with Crippen LogP contribution in [0.4, 0.5) is 11.4 Å². The van der Waals surface area contributed by atoms with Crippen molar-refractivity contribution in [3.63, 3.8) is 0 Å². The number of nitrogens with zero attached hydrogens (tertiary/aromatic N) is 2. The van der Waals surface area contributed by atoms with Crippen LogP contribution < -0.4 is 11.1 Å². The summed E-state index contributed by atoms with van der Waals surface area (Å²) < 4.78 is 4.93. The van der Waals surface area contributed by atoms with Crippen molar-refractivity contribution in [2.45, 2.75) is 6.54 Å². The van der Waals surface area contributed by atoms with Gasteiger partial charge >= 0.3 is 0 Å². The molecule has 16 heavy (non-hydrogen) atoms. The van der Waals surface area contributed by atoms with Crippen LogP contribution in [0.1, 0.15) is 11.3 Å². The Hall–Kier alpha value is -2.48. The number of nitrogens with two attached hydrogens (primary N) is 1. The summed E-state index contributed by atoms with van der Waals surface area (Å²) in [6.07, 6.45) is 1.57. The van der Waals surface area contributed by atoms with Crippen LogP contribution in [-0.4, -0.2) is 5.16 Å². The maximum atomic E-state index is 8.92. The van der Waals surface area contributed by atoms with E-state index in [-0.39, 0.29) is 0 Å². The number of aromatic nitrogens is 1. The lowest BCUT2D eigenvalue weighted by Gasteiger charge is -2.06. The lowest BCUT2D eigenvalue weighted by Crippen LogP contribution is -2.01. The fourth-order valence-corrected chi connectivity index (χ4v) is 1.32. The smallest absolute Gasteiger partial charge is 0.155 e. The summed E-state index contributed by atoms with van der Waals surface area (Å²) in [5.41, 5.74) is 7.40. The van der Waals surface area contributed by atoms with E-state index < -0.39 is 0 Å². The Morgan fingerprint density at radius 3 is 3.00 bits per heavy atom. The quantitative estimate of drug-likeness (QED) is 0.760. The van der Waals surface area contributed by atoms with Gasteiger partial charge in [0.1, 0.15) is 6.07 Å². The maximum absolute atomic E-state index is 8.92. The van der Waals surface area contributed by atoms with Gasteiger partial charge in [0, 0.05) is 11.8 Å². The van der Waals surface area contributed by atoms with Crippen molar-refractivity contribution in [1.29, 1.82) is 5.26 Å². The number of rotatable bonds is 3. The molecule has 1 heterocycles. The minimum absolute atomic E-state index is 0.485. The Kier molecular flexibility index (Phi) is 2.74. The fraction of sp³-hybridized carbons (Fsp3) is 0.0909. The van der Waals surface area contributed by atoms with E-state index in [1.54, 1.807) is 30.5 Å². The standard InChI is InChI=1S/C11H10N4O/c12-6-8-5-9(13)1-2-11(8)14-7-10-3-4-15-16-10/h1-5,14H,7,13H2. The summed E-state index contributed by atoms with van der Waals surface area (Å²) in [7, 11) is 0. The van der Waals surface area contributed by atoms with Crippen molar-refractivity contribution in [3.8, 4) is 6.07 Å². The first-order valence-corrected chi connectivity index (χ1v) is 4.72. The Bertz CT molecular complexity index is 513. The molecule has 1 aromatic heterocycles. The van der Waals surface area contributed by atoms with Gasteiger partial charge in [-0.15, -0.1) is 0 Å². The highest BCUT2D eigenvalue weighted by Gasteiger charge is 2.03. The molecule has 2 rings (SSSR count). The summed E-state index contributed by atoms with van der Waals surface area (Å²) >= 11 is 0. The van der Waals surface area contributed by atoms with Gasteiger partial charge in [0.25, 0.3) is 0 Å². The molecule has 0 aliphatic rings.